The minimum Gasteiger partial charge on any atom is -0.376 e. The van der Waals surface area contributed by atoms with Gasteiger partial charge in [0.15, 0.2) is 0 Å². The van der Waals surface area contributed by atoms with Crippen LogP contribution in [-0.2, 0) is 11.3 Å². The van der Waals surface area contributed by atoms with Gasteiger partial charge in [-0.05, 0) is 49.9 Å². The van der Waals surface area contributed by atoms with Crippen LogP contribution in [0.15, 0.2) is 18.2 Å². The zero-order chi connectivity index (χ0) is 13.0. The highest BCUT2D eigenvalue weighted by atomic mass is 16.5. The van der Waals surface area contributed by atoms with Crippen LogP contribution < -0.4 is 10.6 Å². The molecule has 3 heteroatoms. The van der Waals surface area contributed by atoms with Gasteiger partial charge in [-0.3, -0.25) is 0 Å². The Bertz CT molecular complexity index is 386. The lowest BCUT2D eigenvalue weighted by atomic mass is 10.1. The number of nitrogens with zero attached hydrogens (tertiary/aromatic N) is 1. The van der Waals surface area contributed by atoms with Crippen molar-refractivity contribution in [1.29, 1.82) is 0 Å². The zero-order valence-corrected chi connectivity index (χ0v) is 11.5. The van der Waals surface area contributed by atoms with Crippen LogP contribution in [0.25, 0.3) is 0 Å². The van der Waals surface area contributed by atoms with E-state index in [4.69, 9.17) is 10.5 Å². The first kappa shape index (κ1) is 13.4. The van der Waals surface area contributed by atoms with E-state index < -0.39 is 0 Å². The minimum absolute atomic E-state index is 0.402. The van der Waals surface area contributed by atoms with Crippen LogP contribution in [0.3, 0.4) is 0 Å². The Labute approximate surface area is 110 Å². The normalized spacial score (nSPS) is 19.2. The van der Waals surface area contributed by atoms with Gasteiger partial charge < -0.3 is 15.4 Å². The average Bonchev–Trinajstić information content (AvgIpc) is 2.88. The summed E-state index contributed by atoms with van der Waals surface area (Å²) < 4.78 is 5.72. The van der Waals surface area contributed by atoms with E-state index in [1.54, 1.807) is 0 Å². The Morgan fingerprint density at radius 3 is 2.83 bits per heavy atom. The van der Waals surface area contributed by atoms with Crippen molar-refractivity contribution in [2.75, 3.05) is 24.6 Å². The molecule has 1 fully saturated rings. The first-order chi connectivity index (χ1) is 8.74. The number of aryl methyl sites for hydroxylation is 1. The Balaban J connectivity index is 2.08. The number of nitrogens with two attached hydrogens (primary N) is 1. The first-order valence-electron chi connectivity index (χ1n) is 6.90. The van der Waals surface area contributed by atoms with Crippen molar-refractivity contribution in [3.05, 3.63) is 29.3 Å². The van der Waals surface area contributed by atoms with Crippen LogP contribution in [-0.4, -0.2) is 25.8 Å². The second kappa shape index (κ2) is 6.21. The third-order valence-corrected chi connectivity index (χ3v) is 3.74. The van der Waals surface area contributed by atoms with Gasteiger partial charge in [-0.25, -0.2) is 0 Å². The molecule has 1 atom stereocenters. The average molecular weight is 248 g/mol. The number of rotatable bonds is 5. The van der Waals surface area contributed by atoms with Crippen LogP contribution in [0, 0.1) is 6.92 Å². The molecule has 0 radical (unpaired) electrons. The molecule has 1 aromatic carbocycles. The summed E-state index contributed by atoms with van der Waals surface area (Å²) in [5, 5.41) is 0. The summed E-state index contributed by atoms with van der Waals surface area (Å²) >= 11 is 0. The lowest BCUT2D eigenvalue weighted by molar-refractivity contribution is 0.115. The van der Waals surface area contributed by atoms with Gasteiger partial charge in [0.25, 0.3) is 0 Å². The largest absolute Gasteiger partial charge is 0.376 e. The number of hydrogen-bond donors (Lipinski definition) is 1. The number of hydrogen-bond acceptors (Lipinski definition) is 3. The van der Waals surface area contributed by atoms with Crippen molar-refractivity contribution in [3.8, 4) is 0 Å². The summed E-state index contributed by atoms with van der Waals surface area (Å²) in [5.41, 5.74) is 9.50. The third kappa shape index (κ3) is 3.03. The van der Waals surface area contributed by atoms with Crippen LogP contribution in [0.5, 0.6) is 0 Å². The van der Waals surface area contributed by atoms with E-state index >= 15 is 0 Å². The van der Waals surface area contributed by atoms with E-state index in [-0.39, 0.29) is 0 Å². The molecule has 1 saturated heterocycles. The number of benzene rings is 1. The highest BCUT2D eigenvalue weighted by molar-refractivity contribution is 5.50. The van der Waals surface area contributed by atoms with E-state index in [0.29, 0.717) is 12.6 Å². The van der Waals surface area contributed by atoms with Crippen molar-refractivity contribution < 1.29 is 4.74 Å². The number of ether oxygens (including phenoxy) is 1. The minimum atomic E-state index is 0.402. The Morgan fingerprint density at radius 2 is 2.28 bits per heavy atom. The lowest BCUT2D eigenvalue weighted by Crippen LogP contribution is -2.32. The number of anilines is 1. The molecule has 2 rings (SSSR count). The smallest absolute Gasteiger partial charge is 0.0750 e. The summed E-state index contributed by atoms with van der Waals surface area (Å²) in [6.07, 6.45) is 2.79. The van der Waals surface area contributed by atoms with E-state index in [0.717, 1.165) is 19.7 Å². The molecular weight excluding hydrogens is 224 g/mol. The lowest BCUT2D eigenvalue weighted by Gasteiger charge is -2.26. The van der Waals surface area contributed by atoms with Crippen molar-refractivity contribution in [2.45, 2.75) is 39.3 Å². The molecule has 0 spiro atoms. The van der Waals surface area contributed by atoms with Gasteiger partial charge in [-0.1, -0.05) is 6.07 Å². The standard InChI is InChI=1S/C15H24N2O/c1-3-17(11-15-5-4-8-18-15)14-7-6-13(10-16)12(2)9-14/h6-7,9,15H,3-5,8,10-11,16H2,1-2H3. The quantitative estimate of drug-likeness (QED) is 0.870. The fourth-order valence-electron chi connectivity index (χ4n) is 2.56. The predicted octanol–water partition coefficient (Wildman–Crippen LogP) is 2.46. The summed E-state index contributed by atoms with van der Waals surface area (Å²) in [5.74, 6) is 0. The molecule has 1 aliphatic rings. The third-order valence-electron chi connectivity index (χ3n) is 3.74. The highest BCUT2D eigenvalue weighted by Crippen LogP contribution is 2.21. The SMILES string of the molecule is CCN(CC1CCCO1)c1ccc(CN)c(C)c1. The summed E-state index contributed by atoms with van der Waals surface area (Å²) in [6.45, 7) is 7.88. The van der Waals surface area contributed by atoms with Crippen molar-refractivity contribution in [2.24, 2.45) is 5.73 Å². The molecule has 0 amide bonds. The van der Waals surface area contributed by atoms with Crippen molar-refractivity contribution in [3.63, 3.8) is 0 Å². The van der Waals surface area contributed by atoms with E-state index in [1.807, 2.05) is 0 Å². The Kier molecular flexibility index (Phi) is 4.61. The van der Waals surface area contributed by atoms with Gasteiger partial charge in [0, 0.05) is 31.9 Å². The molecule has 0 saturated carbocycles. The molecule has 0 aliphatic carbocycles. The topological polar surface area (TPSA) is 38.5 Å². The molecule has 1 unspecified atom stereocenters. The highest BCUT2D eigenvalue weighted by Gasteiger charge is 2.18. The summed E-state index contributed by atoms with van der Waals surface area (Å²) in [7, 11) is 0. The Morgan fingerprint density at radius 1 is 1.44 bits per heavy atom. The molecule has 0 bridgehead atoms. The molecule has 0 aromatic heterocycles. The van der Waals surface area contributed by atoms with Crippen molar-refractivity contribution >= 4 is 5.69 Å². The second-order valence-corrected chi connectivity index (χ2v) is 4.99. The van der Waals surface area contributed by atoms with Crippen LogP contribution in [0.1, 0.15) is 30.9 Å². The van der Waals surface area contributed by atoms with Gasteiger partial charge in [-0.15, -0.1) is 0 Å². The van der Waals surface area contributed by atoms with E-state index in [2.05, 4.69) is 36.9 Å². The van der Waals surface area contributed by atoms with Gasteiger partial charge in [0.05, 0.1) is 6.10 Å². The van der Waals surface area contributed by atoms with Gasteiger partial charge in [0.1, 0.15) is 0 Å². The summed E-state index contributed by atoms with van der Waals surface area (Å²) in [4.78, 5) is 2.39. The zero-order valence-electron chi connectivity index (χ0n) is 11.5. The fraction of sp³-hybridized carbons (Fsp3) is 0.600. The van der Waals surface area contributed by atoms with Crippen LogP contribution >= 0.6 is 0 Å². The van der Waals surface area contributed by atoms with Crippen LogP contribution in [0.2, 0.25) is 0 Å². The fourth-order valence-corrected chi connectivity index (χ4v) is 2.56. The molecule has 1 aromatic rings. The van der Waals surface area contributed by atoms with Crippen molar-refractivity contribution in [1.82, 2.24) is 0 Å². The molecular formula is C15H24N2O. The Hall–Kier alpha value is -1.06. The van der Waals surface area contributed by atoms with Crippen LogP contribution in [0.4, 0.5) is 5.69 Å². The molecule has 1 heterocycles. The second-order valence-electron chi connectivity index (χ2n) is 4.99. The predicted molar refractivity (Wildman–Crippen MR) is 75.9 cm³/mol. The number of likely N-dealkylation sites (N-methyl/N-ethyl adjacent to an activating group) is 1. The van der Waals surface area contributed by atoms with E-state index in [1.165, 1.54) is 29.7 Å². The maximum absolute atomic E-state index is 5.72. The first-order valence-corrected chi connectivity index (χ1v) is 6.90. The van der Waals surface area contributed by atoms with Gasteiger partial charge in [0.2, 0.25) is 0 Å². The van der Waals surface area contributed by atoms with E-state index in [9.17, 15) is 0 Å². The monoisotopic (exact) mass is 248 g/mol. The molecule has 2 N–H and O–H groups in total. The molecule has 18 heavy (non-hydrogen) atoms. The molecule has 100 valence electrons. The van der Waals surface area contributed by atoms with Gasteiger partial charge in [-0.2, -0.15) is 0 Å². The molecule has 1 aliphatic heterocycles. The molecule has 3 nitrogen and oxygen atoms in total. The van der Waals surface area contributed by atoms with Gasteiger partial charge >= 0.3 is 0 Å². The maximum Gasteiger partial charge on any atom is 0.0750 e. The summed E-state index contributed by atoms with van der Waals surface area (Å²) in [6, 6.07) is 6.55. The maximum atomic E-state index is 5.72.